The van der Waals surface area contributed by atoms with Crippen LogP contribution in [0.4, 0.5) is 4.39 Å². The number of benzene rings is 3. The molecular weight excluding hydrogens is 670 g/mol. The molecule has 1 aliphatic carbocycles. The molecule has 0 fully saturated rings. The van der Waals surface area contributed by atoms with Gasteiger partial charge in [-0.25, -0.2) is 9.18 Å². The van der Waals surface area contributed by atoms with Gasteiger partial charge in [-0.2, -0.15) is 0 Å². The van der Waals surface area contributed by atoms with Crippen molar-refractivity contribution < 1.29 is 33.3 Å². The largest absolute Gasteiger partial charge is 0.482 e. The summed E-state index contributed by atoms with van der Waals surface area (Å²) in [6.07, 6.45) is -0.971. The lowest BCUT2D eigenvalue weighted by Crippen LogP contribution is -2.55. The van der Waals surface area contributed by atoms with Crippen LogP contribution in [0.1, 0.15) is 22.3 Å². The van der Waals surface area contributed by atoms with Crippen molar-refractivity contribution >= 4 is 45.4 Å². The molecule has 0 spiro atoms. The minimum atomic E-state index is -1.33. The third kappa shape index (κ3) is 6.95. The number of carbonyl (C=O) groups is 2. The van der Waals surface area contributed by atoms with Gasteiger partial charge in [-0.1, -0.05) is 42.5 Å². The van der Waals surface area contributed by atoms with E-state index in [9.17, 15) is 29.0 Å². The Hall–Kier alpha value is -4.07. The molecule has 1 aliphatic rings. The van der Waals surface area contributed by atoms with E-state index in [1.54, 1.807) is 36.4 Å². The number of amides is 2. The van der Waals surface area contributed by atoms with Crippen molar-refractivity contribution in [1.29, 1.82) is 0 Å². The molecule has 1 heterocycles. The van der Waals surface area contributed by atoms with E-state index in [2.05, 4.69) is 27.9 Å². The molecule has 222 valence electrons. The van der Waals surface area contributed by atoms with Gasteiger partial charge in [0.1, 0.15) is 34.9 Å². The lowest BCUT2D eigenvalue weighted by molar-refractivity contribution is -0.118. The average molecular weight is 698 g/mol. The van der Waals surface area contributed by atoms with Gasteiger partial charge in [-0.15, -0.1) is 0 Å². The second-order valence-electron chi connectivity index (χ2n) is 9.99. The van der Waals surface area contributed by atoms with Crippen molar-refractivity contribution in [2.75, 3.05) is 13.2 Å². The summed E-state index contributed by atoms with van der Waals surface area (Å²) in [5, 5.41) is 24.1. The highest BCUT2D eigenvalue weighted by atomic mass is 127. The van der Waals surface area contributed by atoms with Gasteiger partial charge in [0.25, 0.3) is 5.91 Å². The van der Waals surface area contributed by atoms with Gasteiger partial charge in [0.05, 0.1) is 16.2 Å². The topological polar surface area (TPSA) is 129 Å². The summed E-state index contributed by atoms with van der Waals surface area (Å²) in [7, 11) is 0. The number of para-hydroxylation sites is 2. The molecule has 4 aromatic rings. The first-order valence-electron chi connectivity index (χ1n) is 13.5. The van der Waals surface area contributed by atoms with Crippen molar-refractivity contribution in [3.63, 3.8) is 0 Å². The van der Waals surface area contributed by atoms with E-state index in [-0.39, 0.29) is 37.3 Å². The Balaban J connectivity index is 1.58. The molecule has 11 heteroatoms. The zero-order valence-electron chi connectivity index (χ0n) is 22.8. The maximum atomic E-state index is 14.2. The van der Waals surface area contributed by atoms with E-state index in [1.165, 1.54) is 41.3 Å². The maximum Gasteiger partial charge on any atom is 0.349 e. The first-order valence-corrected chi connectivity index (χ1v) is 14.6. The molecular formula is C32H28FIN2O7. The smallest absolute Gasteiger partial charge is 0.349 e. The minimum absolute atomic E-state index is 0.00185. The van der Waals surface area contributed by atoms with E-state index < -0.39 is 41.5 Å². The van der Waals surface area contributed by atoms with Gasteiger partial charge in [-0.05, 0) is 70.6 Å². The summed E-state index contributed by atoms with van der Waals surface area (Å²) in [5.41, 5.74) is -0.0566. The van der Waals surface area contributed by atoms with Crippen molar-refractivity contribution in [1.82, 2.24) is 10.2 Å². The molecule has 0 bridgehead atoms. The predicted molar refractivity (Wildman–Crippen MR) is 165 cm³/mol. The van der Waals surface area contributed by atoms with E-state index in [0.717, 1.165) is 3.57 Å². The van der Waals surface area contributed by atoms with E-state index in [4.69, 9.17) is 9.15 Å². The van der Waals surface area contributed by atoms with Crippen LogP contribution in [0.15, 0.2) is 99.7 Å². The summed E-state index contributed by atoms with van der Waals surface area (Å²) in [6.45, 7) is -0.393. The number of nitrogens with one attached hydrogen (secondary N) is 1. The van der Waals surface area contributed by atoms with Gasteiger partial charge < -0.3 is 29.6 Å². The molecule has 0 aliphatic heterocycles. The average Bonchev–Trinajstić information content (AvgIpc) is 3.01. The van der Waals surface area contributed by atoms with Crippen LogP contribution in [0, 0.1) is 9.39 Å². The molecule has 3 aromatic carbocycles. The SMILES string of the molecule is O=C(NCCO)C1=C[C@H](Oc2ccccc2I)[C@@H](O)[C@H](N(Cc2ccc(F)cc2)C(=O)c2cc3ccccc3oc2=O)C1. The molecule has 0 saturated heterocycles. The summed E-state index contributed by atoms with van der Waals surface area (Å²) in [5.74, 6) is -1.24. The van der Waals surface area contributed by atoms with Crippen LogP contribution in [0.3, 0.4) is 0 Å². The molecule has 5 rings (SSSR count). The Morgan fingerprint density at radius 2 is 1.79 bits per heavy atom. The zero-order chi connectivity index (χ0) is 30.5. The van der Waals surface area contributed by atoms with Gasteiger partial charge in [0.15, 0.2) is 0 Å². The zero-order valence-corrected chi connectivity index (χ0v) is 24.9. The Kier molecular flexibility index (Phi) is 9.53. The lowest BCUT2D eigenvalue weighted by atomic mass is 9.87. The first kappa shape index (κ1) is 30.4. The highest BCUT2D eigenvalue weighted by molar-refractivity contribution is 14.1. The van der Waals surface area contributed by atoms with E-state index >= 15 is 0 Å². The third-order valence-corrected chi connectivity index (χ3v) is 8.00. The quantitative estimate of drug-likeness (QED) is 0.179. The van der Waals surface area contributed by atoms with Crippen molar-refractivity contribution in [3.8, 4) is 5.75 Å². The predicted octanol–water partition coefficient (Wildman–Crippen LogP) is 3.79. The maximum absolute atomic E-state index is 14.2. The van der Waals surface area contributed by atoms with E-state index in [0.29, 0.717) is 22.3 Å². The number of aliphatic hydroxyl groups is 2. The van der Waals surface area contributed by atoms with Crippen LogP contribution in [0.25, 0.3) is 11.0 Å². The second kappa shape index (κ2) is 13.5. The highest BCUT2D eigenvalue weighted by Crippen LogP contribution is 2.31. The van der Waals surface area contributed by atoms with Gasteiger partial charge >= 0.3 is 5.63 Å². The van der Waals surface area contributed by atoms with Gasteiger partial charge in [-0.3, -0.25) is 9.59 Å². The summed E-state index contributed by atoms with van der Waals surface area (Å²) in [4.78, 5) is 41.6. The van der Waals surface area contributed by atoms with Crippen LogP contribution in [-0.2, 0) is 11.3 Å². The molecule has 3 atom stereocenters. The molecule has 3 N–H and O–H groups in total. The summed E-state index contributed by atoms with van der Waals surface area (Å²) in [6, 6.07) is 19.8. The number of halogens is 2. The molecule has 2 amide bonds. The first-order chi connectivity index (χ1) is 20.7. The number of hydrogen-bond donors (Lipinski definition) is 3. The minimum Gasteiger partial charge on any atom is -0.482 e. The van der Waals surface area contributed by atoms with Crippen LogP contribution in [-0.4, -0.2) is 58.3 Å². The van der Waals surface area contributed by atoms with Crippen LogP contribution >= 0.6 is 22.6 Å². The fraction of sp³-hybridized carbons (Fsp3) is 0.219. The second-order valence-corrected chi connectivity index (χ2v) is 11.2. The molecule has 1 aromatic heterocycles. The van der Waals surface area contributed by atoms with Crippen molar-refractivity contribution in [2.45, 2.75) is 31.2 Å². The monoisotopic (exact) mass is 698 g/mol. The Morgan fingerprint density at radius 1 is 1.07 bits per heavy atom. The van der Waals surface area contributed by atoms with Crippen molar-refractivity contribution in [3.05, 3.63) is 121 Å². The van der Waals surface area contributed by atoms with Gasteiger partial charge in [0.2, 0.25) is 5.91 Å². The lowest BCUT2D eigenvalue weighted by Gasteiger charge is -2.40. The fourth-order valence-corrected chi connectivity index (χ4v) is 5.47. The molecule has 0 radical (unpaired) electrons. The molecule has 43 heavy (non-hydrogen) atoms. The number of aliphatic hydroxyl groups excluding tert-OH is 2. The molecule has 0 unspecified atom stereocenters. The number of ether oxygens (including phenoxy) is 1. The Morgan fingerprint density at radius 3 is 2.53 bits per heavy atom. The number of rotatable bonds is 9. The summed E-state index contributed by atoms with van der Waals surface area (Å²) >= 11 is 2.09. The fourth-order valence-electron chi connectivity index (χ4n) is 4.96. The van der Waals surface area contributed by atoms with Crippen molar-refractivity contribution in [2.24, 2.45) is 0 Å². The molecule has 9 nitrogen and oxygen atoms in total. The van der Waals surface area contributed by atoms with Crippen LogP contribution in [0.2, 0.25) is 0 Å². The standard InChI is InChI=1S/C32H28FIN2O7/c33-22-11-9-19(10-12-22)18-36(31(40)23-15-20-5-1-3-7-26(20)43-32(23)41)25-16-21(30(39)35-13-14-37)17-28(29(25)38)42-27-8-4-2-6-24(27)34/h1-12,15,17,25,28-29,37-38H,13-14,16,18H2,(H,35,39)/t25-,28+,29+/m1/s1. The number of carbonyl (C=O) groups excluding carboxylic acids is 2. The molecule has 0 saturated carbocycles. The number of hydrogen-bond acceptors (Lipinski definition) is 7. The van der Waals surface area contributed by atoms with Gasteiger partial charge in [0, 0.05) is 30.5 Å². The summed E-state index contributed by atoms with van der Waals surface area (Å²) < 4.78 is 26.1. The van der Waals surface area contributed by atoms with Crippen LogP contribution < -0.4 is 15.7 Å². The Bertz CT molecular complexity index is 1720. The third-order valence-electron chi connectivity index (χ3n) is 7.11. The normalized spacial score (nSPS) is 18.1. The number of fused-ring (bicyclic) bond motifs is 1. The van der Waals surface area contributed by atoms with E-state index in [1.807, 2.05) is 12.1 Å². The number of nitrogens with zero attached hydrogens (tertiary/aromatic N) is 1. The van der Waals surface area contributed by atoms with Crippen LogP contribution in [0.5, 0.6) is 5.75 Å². The Labute approximate surface area is 259 Å². The highest BCUT2D eigenvalue weighted by Gasteiger charge is 2.41.